The maximum Gasteiger partial charge on any atom is 0.246 e. The smallest absolute Gasteiger partial charge is 0.246 e. The molecule has 2 aromatic carbocycles. The molecule has 2 aromatic rings. The summed E-state index contributed by atoms with van der Waals surface area (Å²) in [6.07, 6.45) is 0.405. The molecule has 1 saturated heterocycles. The Labute approximate surface area is 141 Å². The van der Waals surface area contributed by atoms with Gasteiger partial charge in [-0.2, -0.15) is 4.31 Å². The number of ether oxygens (including phenoxy) is 1. The second-order valence-corrected chi connectivity index (χ2v) is 7.78. The van der Waals surface area contributed by atoms with Crippen LogP contribution in [0.25, 0.3) is 0 Å². The summed E-state index contributed by atoms with van der Waals surface area (Å²) in [6, 6.07) is 15.6. The Morgan fingerprint density at radius 3 is 2.25 bits per heavy atom. The molecule has 7 heteroatoms. The average molecular weight is 348 g/mol. The molecular formula is C17H20N2O4S. The highest BCUT2D eigenvalue weighted by atomic mass is 32.2. The molecule has 3 N–H and O–H groups in total. The van der Waals surface area contributed by atoms with E-state index in [4.69, 9.17) is 10.5 Å². The van der Waals surface area contributed by atoms with E-state index < -0.39 is 15.7 Å². The first-order valence-electron chi connectivity index (χ1n) is 7.72. The highest BCUT2D eigenvalue weighted by molar-refractivity contribution is 7.89. The summed E-state index contributed by atoms with van der Waals surface area (Å²) in [4.78, 5) is 0.108. The molecule has 3 rings (SSSR count). The number of piperidine rings is 1. The lowest BCUT2D eigenvalue weighted by Crippen LogP contribution is -2.51. The van der Waals surface area contributed by atoms with Crippen LogP contribution in [0.5, 0.6) is 11.5 Å². The number of aliphatic hydroxyl groups is 1. The van der Waals surface area contributed by atoms with Crippen LogP contribution in [-0.2, 0) is 10.0 Å². The molecule has 0 atom stereocenters. The minimum Gasteiger partial charge on any atom is -0.456 e. The Bertz CT molecular complexity index is 796. The third-order valence-corrected chi connectivity index (χ3v) is 5.96. The van der Waals surface area contributed by atoms with E-state index in [9.17, 15) is 13.5 Å². The fourth-order valence-corrected chi connectivity index (χ4v) is 4.17. The Morgan fingerprint density at radius 1 is 1.00 bits per heavy atom. The first-order valence-corrected chi connectivity index (χ1v) is 9.16. The van der Waals surface area contributed by atoms with Crippen LogP contribution in [0, 0.1) is 0 Å². The highest BCUT2D eigenvalue weighted by Crippen LogP contribution is 2.32. The molecule has 0 unspecified atom stereocenters. The first-order chi connectivity index (χ1) is 11.4. The number of sulfonamides is 1. The number of rotatable bonds is 4. The van der Waals surface area contributed by atoms with Crippen LogP contribution in [0.15, 0.2) is 59.5 Å². The van der Waals surface area contributed by atoms with Crippen molar-refractivity contribution in [3.63, 3.8) is 0 Å². The summed E-state index contributed by atoms with van der Waals surface area (Å²) in [5.41, 5.74) is 4.36. The molecule has 0 spiro atoms. The van der Waals surface area contributed by atoms with Crippen LogP contribution in [0.3, 0.4) is 0 Å². The van der Waals surface area contributed by atoms with Crippen molar-refractivity contribution >= 4 is 10.0 Å². The predicted molar refractivity (Wildman–Crippen MR) is 90.1 cm³/mol. The maximum atomic E-state index is 12.9. The average Bonchev–Trinajstić information content (AvgIpc) is 2.56. The van der Waals surface area contributed by atoms with E-state index >= 15 is 0 Å². The van der Waals surface area contributed by atoms with Crippen LogP contribution in [-0.4, -0.2) is 36.6 Å². The minimum absolute atomic E-state index is 0.108. The number of hydrogen-bond donors (Lipinski definition) is 2. The van der Waals surface area contributed by atoms with Gasteiger partial charge in [-0.25, -0.2) is 8.42 Å². The molecule has 0 amide bonds. The lowest BCUT2D eigenvalue weighted by molar-refractivity contribution is 0.00104. The largest absolute Gasteiger partial charge is 0.456 e. The van der Waals surface area contributed by atoms with Gasteiger partial charge in [0.1, 0.15) is 22.1 Å². The number of nitrogens with zero attached hydrogens (tertiary/aromatic N) is 1. The van der Waals surface area contributed by atoms with E-state index in [0.29, 0.717) is 5.75 Å². The zero-order valence-corrected chi connectivity index (χ0v) is 13.9. The van der Waals surface area contributed by atoms with E-state index in [0.717, 1.165) is 0 Å². The first kappa shape index (κ1) is 16.9. The third kappa shape index (κ3) is 3.59. The molecule has 1 aliphatic rings. The van der Waals surface area contributed by atoms with Crippen molar-refractivity contribution in [2.45, 2.75) is 23.5 Å². The van der Waals surface area contributed by atoms with Crippen molar-refractivity contribution in [3.05, 3.63) is 54.6 Å². The third-order valence-electron chi connectivity index (χ3n) is 4.03. The lowest BCUT2D eigenvalue weighted by Gasteiger charge is -2.34. The summed E-state index contributed by atoms with van der Waals surface area (Å²) >= 11 is 0. The summed E-state index contributed by atoms with van der Waals surface area (Å²) in [7, 11) is -3.72. The Balaban J connectivity index is 1.89. The predicted octanol–water partition coefficient (Wildman–Crippen LogP) is 1.91. The molecule has 0 bridgehead atoms. The standard InChI is InChI=1S/C17H20N2O4S/c18-17(20)10-12-19(13-11-17)24(21,22)16-9-5-4-8-15(16)23-14-6-2-1-3-7-14/h1-9,20H,10-13,18H2. The summed E-state index contributed by atoms with van der Waals surface area (Å²) in [6.45, 7) is 0.351. The van der Waals surface area contributed by atoms with Gasteiger partial charge in [-0.05, 0) is 24.3 Å². The Morgan fingerprint density at radius 2 is 1.58 bits per heavy atom. The van der Waals surface area contributed by atoms with Crippen molar-refractivity contribution in [3.8, 4) is 11.5 Å². The molecule has 1 heterocycles. The van der Waals surface area contributed by atoms with Crippen molar-refractivity contribution < 1.29 is 18.3 Å². The molecule has 0 saturated carbocycles. The van der Waals surface area contributed by atoms with Crippen molar-refractivity contribution in [1.82, 2.24) is 4.31 Å². The van der Waals surface area contributed by atoms with E-state index in [2.05, 4.69) is 0 Å². The van der Waals surface area contributed by atoms with Gasteiger partial charge in [0, 0.05) is 25.9 Å². The van der Waals surface area contributed by atoms with E-state index in [1.165, 1.54) is 10.4 Å². The Kier molecular flexibility index (Phi) is 4.60. The molecular weight excluding hydrogens is 328 g/mol. The fraction of sp³-hybridized carbons (Fsp3) is 0.294. The number of nitrogens with two attached hydrogens (primary N) is 1. The van der Waals surface area contributed by atoms with Gasteiger partial charge in [-0.1, -0.05) is 30.3 Å². The van der Waals surface area contributed by atoms with E-state index in [1.54, 1.807) is 30.3 Å². The van der Waals surface area contributed by atoms with Crippen molar-refractivity contribution in [2.24, 2.45) is 5.73 Å². The van der Waals surface area contributed by atoms with Gasteiger partial charge in [-0.3, -0.25) is 0 Å². The van der Waals surface area contributed by atoms with Crippen LogP contribution < -0.4 is 10.5 Å². The van der Waals surface area contributed by atoms with Gasteiger partial charge in [0.05, 0.1) is 0 Å². The SMILES string of the molecule is NC1(O)CCN(S(=O)(=O)c2ccccc2Oc2ccccc2)CC1. The number of para-hydroxylation sites is 2. The van der Waals surface area contributed by atoms with E-state index in [-0.39, 0.29) is 36.6 Å². The lowest BCUT2D eigenvalue weighted by atomic mass is 10.0. The quantitative estimate of drug-likeness (QED) is 0.824. The summed E-state index contributed by atoms with van der Waals surface area (Å²) in [5, 5.41) is 9.81. The monoisotopic (exact) mass is 348 g/mol. The molecule has 0 aromatic heterocycles. The molecule has 0 radical (unpaired) electrons. The zero-order valence-electron chi connectivity index (χ0n) is 13.1. The fourth-order valence-electron chi connectivity index (χ4n) is 2.62. The zero-order chi connectivity index (χ0) is 17.2. The van der Waals surface area contributed by atoms with Crippen LogP contribution >= 0.6 is 0 Å². The molecule has 1 fully saturated rings. The molecule has 128 valence electrons. The van der Waals surface area contributed by atoms with Gasteiger partial charge in [0.25, 0.3) is 0 Å². The van der Waals surface area contributed by atoms with Crippen LogP contribution in [0.1, 0.15) is 12.8 Å². The minimum atomic E-state index is -3.72. The molecule has 1 aliphatic heterocycles. The summed E-state index contributed by atoms with van der Waals surface area (Å²) in [5.74, 6) is 0.840. The second kappa shape index (κ2) is 6.52. The summed E-state index contributed by atoms with van der Waals surface area (Å²) < 4.78 is 32.9. The van der Waals surface area contributed by atoms with Gasteiger partial charge >= 0.3 is 0 Å². The van der Waals surface area contributed by atoms with Gasteiger partial charge in [-0.15, -0.1) is 0 Å². The van der Waals surface area contributed by atoms with Gasteiger partial charge in [0.2, 0.25) is 10.0 Å². The highest BCUT2D eigenvalue weighted by Gasteiger charge is 2.35. The topological polar surface area (TPSA) is 92.9 Å². The van der Waals surface area contributed by atoms with Gasteiger partial charge < -0.3 is 15.6 Å². The van der Waals surface area contributed by atoms with Crippen molar-refractivity contribution in [1.29, 1.82) is 0 Å². The van der Waals surface area contributed by atoms with Crippen molar-refractivity contribution in [2.75, 3.05) is 13.1 Å². The van der Waals surface area contributed by atoms with Crippen LogP contribution in [0.4, 0.5) is 0 Å². The molecule has 24 heavy (non-hydrogen) atoms. The van der Waals surface area contributed by atoms with Gasteiger partial charge in [0.15, 0.2) is 0 Å². The number of benzene rings is 2. The van der Waals surface area contributed by atoms with Crippen LogP contribution in [0.2, 0.25) is 0 Å². The Hall–Kier alpha value is -1.93. The second-order valence-electron chi connectivity index (χ2n) is 5.87. The molecule has 6 nitrogen and oxygen atoms in total. The normalized spacial score (nSPS) is 18.2. The molecule has 0 aliphatic carbocycles. The number of hydrogen-bond acceptors (Lipinski definition) is 5. The van der Waals surface area contributed by atoms with E-state index in [1.807, 2.05) is 18.2 Å². The maximum absolute atomic E-state index is 12.9.